The summed E-state index contributed by atoms with van der Waals surface area (Å²) in [6, 6.07) is 9.06. The maximum absolute atomic E-state index is 12.9. The second-order valence-electron chi connectivity index (χ2n) is 6.74. The summed E-state index contributed by atoms with van der Waals surface area (Å²) in [7, 11) is 3.16. The molecule has 0 atom stereocenters. The van der Waals surface area contributed by atoms with Crippen molar-refractivity contribution in [2.75, 3.05) is 40.4 Å². The van der Waals surface area contributed by atoms with Crippen LogP contribution in [-0.4, -0.2) is 61.1 Å². The largest absolute Gasteiger partial charge is 0.497 e. The number of benzene rings is 1. The summed E-state index contributed by atoms with van der Waals surface area (Å²) in [6.07, 6.45) is 1.66. The van der Waals surface area contributed by atoms with Crippen LogP contribution in [0.1, 0.15) is 15.4 Å². The van der Waals surface area contributed by atoms with Gasteiger partial charge in [0, 0.05) is 37.6 Å². The molecule has 0 unspecified atom stereocenters. The lowest BCUT2D eigenvalue weighted by Gasteiger charge is -2.34. The van der Waals surface area contributed by atoms with E-state index in [1.807, 2.05) is 22.4 Å². The molecule has 0 saturated carbocycles. The number of piperazine rings is 1. The van der Waals surface area contributed by atoms with Crippen LogP contribution < -0.4 is 9.47 Å². The summed E-state index contributed by atoms with van der Waals surface area (Å²) < 4.78 is 16.0. The SMILES string of the molecule is COc1ccc(C(=O)N2CCN(Cc3nc(-c4ccco4)cs3)CC2)c(OC)c1. The Labute approximate surface area is 173 Å². The second-order valence-corrected chi connectivity index (χ2v) is 7.68. The third kappa shape index (κ3) is 4.28. The molecule has 152 valence electrons. The number of carbonyl (C=O) groups is 1. The van der Waals surface area contributed by atoms with E-state index in [4.69, 9.17) is 13.9 Å². The normalized spacial score (nSPS) is 14.8. The number of nitrogens with zero attached hydrogens (tertiary/aromatic N) is 3. The van der Waals surface area contributed by atoms with Gasteiger partial charge in [0.05, 0.1) is 32.6 Å². The molecule has 0 radical (unpaired) electrons. The molecule has 3 aromatic rings. The monoisotopic (exact) mass is 413 g/mol. The number of furan rings is 1. The highest BCUT2D eigenvalue weighted by atomic mass is 32.1. The Morgan fingerprint density at radius 2 is 2.00 bits per heavy atom. The zero-order valence-electron chi connectivity index (χ0n) is 16.5. The van der Waals surface area contributed by atoms with Gasteiger partial charge in [-0.1, -0.05) is 0 Å². The van der Waals surface area contributed by atoms with Crippen molar-refractivity contribution in [1.29, 1.82) is 0 Å². The van der Waals surface area contributed by atoms with Crippen molar-refractivity contribution in [3.05, 3.63) is 52.5 Å². The van der Waals surface area contributed by atoms with Crippen molar-refractivity contribution in [3.8, 4) is 23.0 Å². The highest BCUT2D eigenvalue weighted by Gasteiger charge is 2.25. The first-order valence-corrected chi connectivity index (χ1v) is 10.3. The van der Waals surface area contributed by atoms with Gasteiger partial charge in [-0.3, -0.25) is 9.69 Å². The molecule has 7 nitrogen and oxygen atoms in total. The lowest BCUT2D eigenvalue weighted by atomic mass is 10.1. The van der Waals surface area contributed by atoms with Gasteiger partial charge in [-0.15, -0.1) is 11.3 Å². The molecule has 0 bridgehead atoms. The molecule has 2 aromatic heterocycles. The maximum Gasteiger partial charge on any atom is 0.257 e. The fraction of sp³-hybridized carbons (Fsp3) is 0.333. The van der Waals surface area contributed by atoms with Crippen LogP contribution >= 0.6 is 11.3 Å². The standard InChI is InChI=1S/C21H23N3O4S/c1-26-15-5-6-16(19(12-15)27-2)21(25)24-9-7-23(8-10-24)13-20-22-17(14-29-20)18-4-3-11-28-18/h3-6,11-12,14H,7-10,13H2,1-2H3. The summed E-state index contributed by atoms with van der Waals surface area (Å²) in [5.41, 5.74) is 1.43. The van der Waals surface area contributed by atoms with E-state index < -0.39 is 0 Å². The molecule has 1 aromatic carbocycles. The summed E-state index contributed by atoms with van der Waals surface area (Å²) in [5.74, 6) is 1.97. The molecule has 1 amide bonds. The molecular weight excluding hydrogens is 390 g/mol. The lowest BCUT2D eigenvalue weighted by Crippen LogP contribution is -2.48. The van der Waals surface area contributed by atoms with E-state index >= 15 is 0 Å². The van der Waals surface area contributed by atoms with Crippen LogP contribution in [0.15, 0.2) is 46.4 Å². The van der Waals surface area contributed by atoms with Crippen molar-refractivity contribution in [1.82, 2.24) is 14.8 Å². The van der Waals surface area contributed by atoms with Crippen LogP contribution in [0.25, 0.3) is 11.5 Å². The minimum absolute atomic E-state index is 0.0153. The molecular formula is C21H23N3O4S. The number of carbonyl (C=O) groups excluding carboxylic acids is 1. The van der Waals surface area contributed by atoms with Gasteiger partial charge in [0.2, 0.25) is 0 Å². The molecule has 0 N–H and O–H groups in total. The number of thiazole rings is 1. The van der Waals surface area contributed by atoms with Crippen LogP contribution in [0, 0.1) is 0 Å². The molecule has 0 aliphatic carbocycles. The minimum atomic E-state index is -0.0153. The van der Waals surface area contributed by atoms with Crippen molar-refractivity contribution < 1.29 is 18.7 Å². The predicted molar refractivity (Wildman–Crippen MR) is 111 cm³/mol. The average molecular weight is 413 g/mol. The highest BCUT2D eigenvalue weighted by molar-refractivity contribution is 7.09. The first kappa shape index (κ1) is 19.5. The van der Waals surface area contributed by atoms with Crippen molar-refractivity contribution in [2.45, 2.75) is 6.54 Å². The molecule has 29 heavy (non-hydrogen) atoms. The average Bonchev–Trinajstić information content (AvgIpc) is 3.45. The summed E-state index contributed by atoms with van der Waals surface area (Å²) in [4.78, 5) is 21.8. The number of ether oxygens (including phenoxy) is 2. The van der Waals surface area contributed by atoms with E-state index in [1.165, 1.54) is 0 Å². The van der Waals surface area contributed by atoms with Crippen molar-refractivity contribution in [3.63, 3.8) is 0 Å². The van der Waals surface area contributed by atoms with Crippen LogP contribution in [-0.2, 0) is 6.54 Å². The van der Waals surface area contributed by atoms with Crippen LogP contribution in [0.4, 0.5) is 0 Å². The van der Waals surface area contributed by atoms with Gasteiger partial charge in [0.15, 0.2) is 5.76 Å². The molecule has 0 spiro atoms. The number of methoxy groups -OCH3 is 2. The Hall–Kier alpha value is -2.84. The topological polar surface area (TPSA) is 68.0 Å². The van der Waals surface area contributed by atoms with Crippen molar-refractivity contribution >= 4 is 17.2 Å². The summed E-state index contributed by atoms with van der Waals surface area (Å²) >= 11 is 1.63. The molecule has 1 fully saturated rings. The van der Waals surface area contributed by atoms with E-state index in [0.717, 1.165) is 36.1 Å². The zero-order chi connectivity index (χ0) is 20.2. The van der Waals surface area contributed by atoms with Gasteiger partial charge in [-0.2, -0.15) is 0 Å². The predicted octanol–water partition coefficient (Wildman–Crippen LogP) is 3.38. The molecule has 4 rings (SSSR count). The van der Waals surface area contributed by atoms with Gasteiger partial charge in [-0.25, -0.2) is 4.98 Å². The Kier molecular flexibility index (Phi) is 5.82. The maximum atomic E-state index is 12.9. The molecule has 8 heteroatoms. The van der Waals surface area contributed by atoms with Gasteiger partial charge >= 0.3 is 0 Å². The van der Waals surface area contributed by atoms with Crippen LogP contribution in [0.2, 0.25) is 0 Å². The fourth-order valence-corrected chi connectivity index (χ4v) is 4.19. The first-order valence-electron chi connectivity index (χ1n) is 9.40. The van der Waals surface area contributed by atoms with E-state index in [1.54, 1.807) is 50.0 Å². The van der Waals surface area contributed by atoms with Gasteiger partial charge in [-0.05, 0) is 24.3 Å². The Morgan fingerprint density at radius 1 is 1.17 bits per heavy atom. The van der Waals surface area contributed by atoms with Gasteiger partial charge in [0.1, 0.15) is 22.2 Å². The smallest absolute Gasteiger partial charge is 0.257 e. The van der Waals surface area contributed by atoms with Gasteiger partial charge in [0.25, 0.3) is 5.91 Å². The van der Waals surface area contributed by atoms with E-state index in [0.29, 0.717) is 30.2 Å². The minimum Gasteiger partial charge on any atom is -0.497 e. The van der Waals surface area contributed by atoms with Gasteiger partial charge < -0.3 is 18.8 Å². The zero-order valence-corrected chi connectivity index (χ0v) is 17.3. The number of rotatable bonds is 6. The Balaban J connectivity index is 1.35. The fourth-order valence-electron chi connectivity index (χ4n) is 3.37. The quantitative estimate of drug-likeness (QED) is 0.617. The molecule has 1 saturated heterocycles. The van der Waals surface area contributed by atoms with Crippen LogP contribution in [0.3, 0.4) is 0 Å². The van der Waals surface area contributed by atoms with Crippen LogP contribution in [0.5, 0.6) is 11.5 Å². The highest BCUT2D eigenvalue weighted by Crippen LogP contribution is 2.27. The van der Waals surface area contributed by atoms with Crippen molar-refractivity contribution in [2.24, 2.45) is 0 Å². The third-order valence-corrected chi connectivity index (χ3v) is 5.82. The van der Waals surface area contributed by atoms with E-state index in [-0.39, 0.29) is 5.91 Å². The number of hydrogen-bond donors (Lipinski definition) is 0. The number of amides is 1. The molecule has 1 aliphatic heterocycles. The molecule has 3 heterocycles. The summed E-state index contributed by atoms with van der Waals surface area (Å²) in [5, 5.41) is 3.07. The summed E-state index contributed by atoms with van der Waals surface area (Å²) in [6.45, 7) is 3.73. The Morgan fingerprint density at radius 3 is 2.69 bits per heavy atom. The van der Waals surface area contributed by atoms with E-state index in [9.17, 15) is 4.79 Å². The number of hydrogen-bond acceptors (Lipinski definition) is 7. The Bertz CT molecular complexity index is 962. The van der Waals surface area contributed by atoms with E-state index in [2.05, 4.69) is 9.88 Å². The molecule has 1 aliphatic rings. The lowest BCUT2D eigenvalue weighted by molar-refractivity contribution is 0.0625. The second kappa shape index (κ2) is 8.67. The third-order valence-electron chi connectivity index (χ3n) is 4.98. The number of aromatic nitrogens is 1. The first-order chi connectivity index (χ1) is 14.2.